The third-order valence-corrected chi connectivity index (χ3v) is 4.18. The maximum absolute atomic E-state index is 12.9. The van der Waals surface area contributed by atoms with Gasteiger partial charge in [-0.25, -0.2) is 9.37 Å². The van der Waals surface area contributed by atoms with Crippen LogP contribution in [0.4, 0.5) is 16.2 Å². The number of benzene rings is 1. The molecule has 2 N–H and O–H groups in total. The second kappa shape index (κ2) is 7.40. The summed E-state index contributed by atoms with van der Waals surface area (Å²) in [4.78, 5) is 9.02. The van der Waals surface area contributed by atoms with E-state index in [1.54, 1.807) is 0 Å². The molecule has 4 nitrogen and oxygen atoms in total. The van der Waals surface area contributed by atoms with Crippen LogP contribution in [0, 0.1) is 12.7 Å². The quantitative estimate of drug-likeness (QED) is 0.848. The summed E-state index contributed by atoms with van der Waals surface area (Å²) < 4.78 is 12.9. The fourth-order valence-electron chi connectivity index (χ4n) is 2.96. The first-order valence-electron chi connectivity index (χ1n) is 8.29. The average Bonchev–Trinajstić information content (AvgIpc) is 3.02. The van der Waals surface area contributed by atoms with Crippen molar-refractivity contribution in [2.45, 2.75) is 45.1 Å². The van der Waals surface area contributed by atoms with E-state index in [0.29, 0.717) is 12.0 Å². The summed E-state index contributed by atoms with van der Waals surface area (Å²) in [5, 5.41) is 6.76. The van der Waals surface area contributed by atoms with Gasteiger partial charge in [0.1, 0.15) is 11.6 Å². The molecule has 1 heterocycles. The monoisotopic (exact) mass is 314 g/mol. The lowest BCUT2D eigenvalue weighted by molar-refractivity contribution is 0.627. The fourth-order valence-corrected chi connectivity index (χ4v) is 2.96. The first-order chi connectivity index (χ1) is 11.2. The van der Waals surface area contributed by atoms with Crippen molar-refractivity contribution in [3.05, 3.63) is 47.4 Å². The molecular formula is C18H23FN4. The Labute approximate surface area is 136 Å². The number of nitrogens with one attached hydrogen (secondary N) is 2. The third-order valence-electron chi connectivity index (χ3n) is 4.18. The number of hydrogen-bond acceptors (Lipinski definition) is 4. The van der Waals surface area contributed by atoms with Gasteiger partial charge in [0.15, 0.2) is 0 Å². The SMILES string of the molecule is Cc1cc(NCCc2ccc(F)cc2)nc(NC2CCCC2)n1. The number of nitrogens with zero attached hydrogens (tertiary/aromatic N) is 2. The molecular weight excluding hydrogens is 291 g/mol. The molecule has 0 radical (unpaired) electrons. The number of aromatic nitrogens is 2. The van der Waals surface area contributed by atoms with Gasteiger partial charge in [-0.1, -0.05) is 25.0 Å². The molecule has 5 heteroatoms. The van der Waals surface area contributed by atoms with Crippen molar-refractivity contribution in [3.8, 4) is 0 Å². The molecule has 0 saturated heterocycles. The Kier molecular flexibility index (Phi) is 5.05. The van der Waals surface area contributed by atoms with Gasteiger partial charge in [-0.15, -0.1) is 0 Å². The predicted molar refractivity (Wildman–Crippen MR) is 91.2 cm³/mol. The van der Waals surface area contributed by atoms with Gasteiger partial charge in [-0.3, -0.25) is 0 Å². The Bertz CT molecular complexity index is 636. The number of aryl methyl sites for hydroxylation is 1. The molecule has 0 bridgehead atoms. The van der Waals surface area contributed by atoms with Crippen LogP contribution in [-0.2, 0) is 6.42 Å². The van der Waals surface area contributed by atoms with Crippen molar-refractivity contribution in [2.75, 3.05) is 17.2 Å². The number of rotatable bonds is 6. The van der Waals surface area contributed by atoms with Crippen LogP contribution in [0.1, 0.15) is 36.9 Å². The van der Waals surface area contributed by atoms with E-state index >= 15 is 0 Å². The molecule has 1 saturated carbocycles. The van der Waals surface area contributed by atoms with Gasteiger partial charge in [-0.05, 0) is 43.9 Å². The summed E-state index contributed by atoms with van der Waals surface area (Å²) >= 11 is 0. The lowest BCUT2D eigenvalue weighted by Gasteiger charge is -2.14. The number of halogens is 1. The maximum Gasteiger partial charge on any atom is 0.225 e. The smallest absolute Gasteiger partial charge is 0.225 e. The highest BCUT2D eigenvalue weighted by Crippen LogP contribution is 2.21. The minimum absolute atomic E-state index is 0.198. The highest BCUT2D eigenvalue weighted by atomic mass is 19.1. The molecule has 1 fully saturated rings. The van der Waals surface area contributed by atoms with E-state index in [1.165, 1.54) is 37.8 Å². The fraction of sp³-hybridized carbons (Fsp3) is 0.444. The summed E-state index contributed by atoms with van der Waals surface area (Å²) in [5.41, 5.74) is 2.05. The van der Waals surface area contributed by atoms with Crippen LogP contribution in [0.5, 0.6) is 0 Å². The lowest BCUT2D eigenvalue weighted by Crippen LogP contribution is -2.17. The highest BCUT2D eigenvalue weighted by Gasteiger charge is 2.15. The molecule has 0 amide bonds. The van der Waals surface area contributed by atoms with Crippen LogP contribution in [0.2, 0.25) is 0 Å². The molecule has 1 aromatic carbocycles. The average molecular weight is 314 g/mol. The van der Waals surface area contributed by atoms with Crippen molar-refractivity contribution >= 4 is 11.8 Å². The molecule has 0 spiro atoms. The van der Waals surface area contributed by atoms with Gasteiger partial charge in [-0.2, -0.15) is 4.98 Å². The molecule has 0 atom stereocenters. The van der Waals surface area contributed by atoms with Crippen LogP contribution >= 0.6 is 0 Å². The zero-order valence-electron chi connectivity index (χ0n) is 13.5. The molecule has 1 aliphatic rings. The topological polar surface area (TPSA) is 49.8 Å². The zero-order valence-corrected chi connectivity index (χ0v) is 13.5. The van der Waals surface area contributed by atoms with E-state index in [-0.39, 0.29) is 5.82 Å². The van der Waals surface area contributed by atoms with Crippen molar-refractivity contribution in [3.63, 3.8) is 0 Å². The Hall–Kier alpha value is -2.17. The van der Waals surface area contributed by atoms with Crippen molar-refractivity contribution in [2.24, 2.45) is 0 Å². The van der Waals surface area contributed by atoms with Gasteiger partial charge >= 0.3 is 0 Å². The highest BCUT2D eigenvalue weighted by molar-refractivity contribution is 5.42. The molecule has 23 heavy (non-hydrogen) atoms. The van der Waals surface area contributed by atoms with E-state index in [2.05, 4.69) is 20.6 Å². The Morgan fingerprint density at radius 3 is 2.61 bits per heavy atom. The second-order valence-corrected chi connectivity index (χ2v) is 6.15. The largest absolute Gasteiger partial charge is 0.370 e. The van der Waals surface area contributed by atoms with E-state index in [9.17, 15) is 4.39 Å². The van der Waals surface area contributed by atoms with Crippen molar-refractivity contribution in [1.82, 2.24) is 9.97 Å². The lowest BCUT2D eigenvalue weighted by atomic mass is 10.1. The summed E-state index contributed by atoms with van der Waals surface area (Å²) in [6.07, 6.45) is 5.79. The van der Waals surface area contributed by atoms with Crippen molar-refractivity contribution in [1.29, 1.82) is 0 Å². The van der Waals surface area contributed by atoms with E-state index in [4.69, 9.17) is 0 Å². The number of anilines is 2. The second-order valence-electron chi connectivity index (χ2n) is 6.15. The Morgan fingerprint density at radius 1 is 1.13 bits per heavy atom. The number of hydrogen-bond donors (Lipinski definition) is 2. The van der Waals surface area contributed by atoms with Gasteiger partial charge in [0.05, 0.1) is 0 Å². The maximum atomic E-state index is 12.9. The van der Waals surface area contributed by atoms with Crippen LogP contribution in [0.3, 0.4) is 0 Å². The van der Waals surface area contributed by atoms with Gasteiger partial charge in [0.25, 0.3) is 0 Å². The summed E-state index contributed by atoms with van der Waals surface area (Å²) in [7, 11) is 0. The molecule has 2 aromatic rings. The minimum Gasteiger partial charge on any atom is -0.370 e. The molecule has 0 unspecified atom stereocenters. The Balaban J connectivity index is 1.56. The third kappa shape index (κ3) is 4.65. The van der Waals surface area contributed by atoms with Crippen LogP contribution < -0.4 is 10.6 Å². The van der Waals surface area contributed by atoms with Crippen LogP contribution in [0.25, 0.3) is 0 Å². The summed E-state index contributed by atoms with van der Waals surface area (Å²) in [5.74, 6) is 1.34. The van der Waals surface area contributed by atoms with Crippen molar-refractivity contribution < 1.29 is 4.39 Å². The Morgan fingerprint density at radius 2 is 1.87 bits per heavy atom. The minimum atomic E-state index is -0.198. The standard InChI is InChI=1S/C18H23FN4/c1-13-12-17(20-11-10-14-6-8-15(19)9-7-14)23-18(21-13)22-16-4-2-3-5-16/h6-9,12,16H,2-5,10-11H2,1H3,(H2,20,21,22,23). The van der Waals surface area contributed by atoms with E-state index in [0.717, 1.165) is 30.0 Å². The molecule has 0 aliphatic heterocycles. The van der Waals surface area contributed by atoms with Gasteiger partial charge in [0.2, 0.25) is 5.95 Å². The van der Waals surface area contributed by atoms with Gasteiger partial charge < -0.3 is 10.6 Å². The van der Waals surface area contributed by atoms with Crippen LogP contribution in [-0.4, -0.2) is 22.6 Å². The molecule has 1 aliphatic carbocycles. The first kappa shape index (κ1) is 15.7. The van der Waals surface area contributed by atoms with E-state index in [1.807, 2.05) is 25.1 Å². The summed E-state index contributed by atoms with van der Waals surface area (Å²) in [6.45, 7) is 2.73. The summed E-state index contributed by atoms with van der Waals surface area (Å²) in [6, 6.07) is 9.07. The molecule has 122 valence electrons. The zero-order chi connectivity index (χ0) is 16.1. The predicted octanol–water partition coefficient (Wildman–Crippen LogP) is 3.93. The molecule has 1 aromatic heterocycles. The van der Waals surface area contributed by atoms with Crippen LogP contribution in [0.15, 0.2) is 30.3 Å². The van der Waals surface area contributed by atoms with Gasteiger partial charge in [0, 0.05) is 24.3 Å². The normalized spacial score (nSPS) is 14.9. The first-order valence-corrected chi connectivity index (χ1v) is 8.29. The van der Waals surface area contributed by atoms with E-state index < -0.39 is 0 Å². The molecule has 3 rings (SSSR count).